The highest BCUT2D eigenvalue weighted by molar-refractivity contribution is 5.18. The molecule has 0 bridgehead atoms. The fourth-order valence-corrected chi connectivity index (χ4v) is 0.803. The van der Waals surface area contributed by atoms with E-state index in [0.29, 0.717) is 5.70 Å². The number of hydrogen-bond acceptors (Lipinski definition) is 1. The molecule has 1 rings (SSSR count). The van der Waals surface area contributed by atoms with Crippen LogP contribution < -0.4 is 5.73 Å². The minimum absolute atomic E-state index is 0.694. The van der Waals surface area contributed by atoms with Crippen molar-refractivity contribution in [2.45, 2.75) is 6.42 Å². The third-order valence-electron chi connectivity index (χ3n) is 1.20. The summed E-state index contributed by atoms with van der Waals surface area (Å²) in [6, 6.07) is 10.7. The molecule has 0 unspecified atom stereocenters. The summed E-state index contributed by atoms with van der Waals surface area (Å²) < 4.78 is 0. The molecule has 1 radical (unpaired) electrons. The van der Waals surface area contributed by atoms with E-state index in [-0.39, 0.29) is 0 Å². The van der Waals surface area contributed by atoms with Gasteiger partial charge >= 0.3 is 0 Å². The summed E-state index contributed by atoms with van der Waals surface area (Å²) in [5, 5.41) is 0. The van der Waals surface area contributed by atoms with Crippen molar-refractivity contribution in [2.24, 2.45) is 5.73 Å². The summed E-state index contributed by atoms with van der Waals surface area (Å²) >= 11 is 0. The Morgan fingerprint density at radius 2 is 2.50 bits per heavy atom. The van der Waals surface area contributed by atoms with Gasteiger partial charge in [0, 0.05) is 12.1 Å². The molecular weight excluding hydrogens is 122 g/mol. The van der Waals surface area contributed by atoms with Gasteiger partial charge in [0.2, 0.25) is 0 Å². The molecule has 0 aliphatic heterocycles. The number of rotatable bonds is 2. The van der Waals surface area contributed by atoms with Crippen molar-refractivity contribution in [1.29, 1.82) is 0 Å². The average molecular weight is 132 g/mol. The molecule has 0 saturated heterocycles. The van der Waals surface area contributed by atoms with Crippen LogP contribution in [0.2, 0.25) is 0 Å². The van der Waals surface area contributed by atoms with Crippen LogP contribution in [-0.2, 0) is 6.42 Å². The molecular formula is C9H10N. The zero-order valence-corrected chi connectivity index (χ0v) is 5.80. The maximum absolute atomic E-state index is 5.42. The van der Waals surface area contributed by atoms with Crippen LogP contribution in [0.5, 0.6) is 0 Å². The SMILES string of the molecule is C=C(N)Cc1c[c]ccc1. The van der Waals surface area contributed by atoms with Crippen molar-refractivity contribution < 1.29 is 0 Å². The molecule has 0 aliphatic carbocycles. The molecule has 0 spiro atoms. The molecule has 1 nitrogen and oxygen atoms in total. The molecule has 1 heteroatoms. The van der Waals surface area contributed by atoms with Crippen molar-refractivity contribution in [3.8, 4) is 0 Å². The van der Waals surface area contributed by atoms with Crippen LogP contribution in [0.4, 0.5) is 0 Å². The third-order valence-corrected chi connectivity index (χ3v) is 1.20. The minimum Gasteiger partial charge on any atom is -0.402 e. The Labute approximate surface area is 61.2 Å². The molecule has 10 heavy (non-hydrogen) atoms. The van der Waals surface area contributed by atoms with Gasteiger partial charge in [-0.05, 0) is 11.6 Å². The highest BCUT2D eigenvalue weighted by atomic mass is 14.6. The fraction of sp³-hybridized carbons (Fsp3) is 0.111. The number of nitrogens with two attached hydrogens (primary N) is 1. The van der Waals surface area contributed by atoms with Crippen molar-refractivity contribution >= 4 is 0 Å². The van der Waals surface area contributed by atoms with Gasteiger partial charge in [-0.15, -0.1) is 0 Å². The summed E-state index contributed by atoms with van der Waals surface area (Å²) in [5.74, 6) is 0. The summed E-state index contributed by atoms with van der Waals surface area (Å²) in [6.07, 6.45) is 0.747. The monoisotopic (exact) mass is 132 g/mol. The Bertz CT molecular complexity index is 213. The average Bonchev–Trinajstić information content (AvgIpc) is 1.88. The van der Waals surface area contributed by atoms with Gasteiger partial charge in [-0.1, -0.05) is 30.8 Å². The summed E-state index contributed by atoms with van der Waals surface area (Å²) in [7, 11) is 0. The first-order valence-electron chi connectivity index (χ1n) is 3.17. The van der Waals surface area contributed by atoms with E-state index >= 15 is 0 Å². The quantitative estimate of drug-likeness (QED) is 0.648. The first-order chi connectivity index (χ1) is 4.79. The van der Waals surface area contributed by atoms with Crippen molar-refractivity contribution in [2.75, 3.05) is 0 Å². The molecule has 1 aromatic rings. The van der Waals surface area contributed by atoms with Crippen LogP contribution >= 0.6 is 0 Å². The fourth-order valence-electron chi connectivity index (χ4n) is 0.803. The third kappa shape index (κ3) is 1.94. The second kappa shape index (κ2) is 3.06. The maximum Gasteiger partial charge on any atom is 0.0115 e. The maximum atomic E-state index is 5.42. The topological polar surface area (TPSA) is 26.0 Å². The van der Waals surface area contributed by atoms with Gasteiger partial charge in [-0.25, -0.2) is 0 Å². The van der Waals surface area contributed by atoms with Gasteiger partial charge in [-0.3, -0.25) is 0 Å². The van der Waals surface area contributed by atoms with E-state index in [1.54, 1.807) is 0 Å². The molecule has 0 aliphatic rings. The second-order valence-corrected chi connectivity index (χ2v) is 2.25. The lowest BCUT2D eigenvalue weighted by atomic mass is 10.1. The Kier molecular flexibility index (Phi) is 2.11. The summed E-state index contributed by atoms with van der Waals surface area (Å²) in [6.45, 7) is 3.61. The van der Waals surface area contributed by atoms with Crippen LogP contribution in [0, 0.1) is 6.07 Å². The van der Waals surface area contributed by atoms with Crippen molar-refractivity contribution in [1.82, 2.24) is 0 Å². The van der Waals surface area contributed by atoms with Gasteiger partial charge in [0.25, 0.3) is 0 Å². The zero-order chi connectivity index (χ0) is 7.40. The minimum atomic E-state index is 0.694. The standard InChI is InChI=1S/C9H10N/c1-8(10)7-9-5-3-2-4-6-9/h2-3,5-6H,1,7,10H2. The summed E-state index contributed by atoms with van der Waals surface area (Å²) in [5.41, 5.74) is 7.27. The van der Waals surface area contributed by atoms with E-state index in [2.05, 4.69) is 12.6 Å². The highest BCUT2D eigenvalue weighted by Crippen LogP contribution is 2.00. The second-order valence-electron chi connectivity index (χ2n) is 2.25. The molecule has 0 heterocycles. The van der Waals surface area contributed by atoms with Gasteiger partial charge in [-0.2, -0.15) is 0 Å². The van der Waals surface area contributed by atoms with Crippen molar-refractivity contribution in [3.05, 3.63) is 48.2 Å². The number of benzene rings is 1. The van der Waals surface area contributed by atoms with E-state index in [0.717, 1.165) is 12.0 Å². The van der Waals surface area contributed by atoms with Gasteiger partial charge in [0.15, 0.2) is 0 Å². The van der Waals surface area contributed by atoms with E-state index in [9.17, 15) is 0 Å². The van der Waals surface area contributed by atoms with Gasteiger partial charge in [0.05, 0.1) is 0 Å². The highest BCUT2D eigenvalue weighted by Gasteiger charge is 1.89. The van der Waals surface area contributed by atoms with E-state index in [1.807, 2.05) is 24.3 Å². The first kappa shape index (κ1) is 6.87. The lowest BCUT2D eigenvalue weighted by Crippen LogP contribution is -1.98. The predicted molar refractivity (Wildman–Crippen MR) is 42.3 cm³/mol. The van der Waals surface area contributed by atoms with Crippen LogP contribution in [0.3, 0.4) is 0 Å². The van der Waals surface area contributed by atoms with Crippen LogP contribution in [0.1, 0.15) is 5.56 Å². The number of allylic oxidation sites excluding steroid dienone is 1. The molecule has 2 N–H and O–H groups in total. The normalized spacial score (nSPS) is 9.20. The van der Waals surface area contributed by atoms with E-state index < -0.39 is 0 Å². The summed E-state index contributed by atoms with van der Waals surface area (Å²) in [4.78, 5) is 0. The first-order valence-corrected chi connectivity index (χ1v) is 3.17. The Balaban J connectivity index is 2.67. The number of hydrogen-bond donors (Lipinski definition) is 1. The molecule has 0 amide bonds. The van der Waals surface area contributed by atoms with Crippen molar-refractivity contribution in [3.63, 3.8) is 0 Å². The Hall–Kier alpha value is -1.24. The zero-order valence-electron chi connectivity index (χ0n) is 5.80. The Morgan fingerprint density at radius 1 is 1.70 bits per heavy atom. The van der Waals surface area contributed by atoms with Crippen LogP contribution in [0.15, 0.2) is 36.5 Å². The van der Waals surface area contributed by atoms with Crippen LogP contribution in [-0.4, -0.2) is 0 Å². The molecule has 0 atom stereocenters. The van der Waals surface area contributed by atoms with Gasteiger partial charge < -0.3 is 5.73 Å². The molecule has 0 aromatic heterocycles. The van der Waals surface area contributed by atoms with Crippen LogP contribution in [0.25, 0.3) is 0 Å². The lowest BCUT2D eigenvalue weighted by molar-refractivity contribution is 1.12. The molecule has 0 fully saturated rings. The smallest absolute Gasteiger partial charge is 0.0115 e. The molecule has 51 valence electrons. The lowest BCUT2D eigenvalue weighted by Gasteiger charge is -1.97. The van der Waals surface area contributed by atoms with Gasteiger partial charge in [0.1, 0.15) is 0 Å². The largest absolute Gasteiger partial charge is 0.402 e. The molecule has 1 aromatic carbocycles. The molecule has 0 saturated carbocycles. The Morgan fingerprint density at radius 3 is 3.00 bits per heavy atom. The van der Waals surface area contributed by atoms with E-state index in [4.69, 9.17) is 5.73 Å². The predicted octanol–water partition coefficient (Wildman–Crippen LogP) is 1.50. The van der Waals surface area contributed by atoms with E-state index in [1.165, 1.54) is 0 Å².